The van der Waals surface area contributed by atoms with E-state index in [9.17, 15) is 13.2 Å². The molecule has 3 rings (SSSR count). The van der Waals surface area contributed by atoms with Crippen LogP contribution in [0, 0.1) is 0 Å². The van der Waals surface area contributed by atoms with E-state index in [0.717, 1.165) is 4.90 Å². The molecule has 0 fully saturated rings. The number of rotatable bonds is 0. The number of thioether (sulfide) groups is 1. The summed E-state index contributed by atoms with van der Waals surface area (Å²) < 4.78 is 40.0. The van der Waals surface area contributed by atoms with Crippen LogP contribution in [0.2, 0.25) is 0 Å². The molecule has 1 aromatic carbocycles. The van der Waals surface area contributed by atoms with Gasteiger partial charge in [0.2, 0.25) is 0 Å². The summed E-state index contributed by atoms with van der Waals surface area (Å²) in [6.45, 7) is 0. The van der Waals surface area contributed by atoms with E-state index in [4.69, 9.17) is 0 Å². The van der Waals surface area contributed by atoms with E-state index in [1.807, 2.05) is 12.2 Å². The summed E-state index contributed by atoms with van der Waals surface area (Å²) in [5.74, 6) is 0. The monoisotopic (exact) mass is 287 g/mol. The third-order valence-corrected chi connectivity index (χ3v) is 6.86. The first-order valence-electron chi connectivity index (χ1n) is 5.48. The Labute approximate surface area is 110 Å². The Morgan fingerprint density at radius 2 is 1.78 bits per heavy atom. The zero-order valence-corrected chi connectivity index (χ0v) is 10.9. The van der Waals surface area contributed by atoms with Gasteiger partial charge in [-0.05, 0) is 18.2 Å². The first-order valence-corrected chi connectivity index (χ1v) is 7.65. The molecule has 5 heteroatoms. The van der Waals surface area contributed by atoms with E-state index < -0.39 is 21.7 Å². The minimum Gasteiger partial charge on any atom is -0.122 e. The quantitative estimate of drug-likeness (QED) is 0.646. The van der Waals surface area contributed by atoms with Crippen LogP contribution in [0.15, 0.2) is 58.4 Å². The van der Waals surface area contributed by atoms with E-state index in [-0.39, 0.29) is 5.25 Å². The second kappa shape index (κ2) is 4.38. The van der Waals surface area contributed by atoms with Crippen LogP contribution < -0.4 is 0 Å². The Morgan fingerprint density at radius 1 is 1.06 bits per heavy atom. The van der Waals surface area contributed by atoms with Gasteiger partial charge in [-0.2, -0.15) is 0 Å². The molecule has 0 amide bonds. The lowest BCUT2D eigenvalue weighted by atomic mass is 10.2. The highest BCUT2D eigenvalue weighted by molar-refractivity contribution is 8.05. The molecule has 0 radical (unpaired) electrons. The first kappa shape index (κ1) is 12.2. The van der Waals surface area contributed by atoms with E-state index in [2.05, 4.69) is 0 Å². The summed E-state index contributed by atoms with van der Waals surface area (Å²) >= 11 is 1.53. The van der Waals surface area contributed by atoms with Crippen molar-refractivity contribution < 1.29 is 13.2 Å². The molecule has 3 atom stereocenters. The van der Waals surface area contributed by atoms with Crippen LogP contribution in [0.3, 0.4) is 0 Å². The molecule has 2 aliphatic rings. The summed E-state index contributed by atoms with van der Waals surface area (Å²) in [7, 11) is -1.71. The number of halogens is 3. The highest BCUT2D eigenvalue weighted by atomic mass is 32.2. The van der Waals surface area contributed by atoms with Gasteiger partial charge in [0.25, 0.3) is 0 Å². The Balaban J connectivity index is 2.13. The molecule has 0 bridgehead atoms. The predicted octanol–water partition coefficient (Wildman–Crippen LogP) is 4.15. The molecule has 1 aromatic rings. The van der Waals surface area contributed by atoms with Gasteiger partial charge in [0.15, 0.2) is 10.1 Å². The maximum atomic E-state index is 13.3. The number of alkyl halides is 3. The van der Waals surface area contributed by atoms with E-state index in [1.165, 1.54) is 11.8 Å². The van der Waals surface area contributed by atoms with E-state index in [0.29, 0.717) is 4.90 Å². The van der Waals surface area contributed by atoms with Crippen molar-refractivity contribution in [1.29, 1.82) is 0 Å². The van der Waals surface area contributed by atoms with Crippen molar-refractivity contribution in [2.45, 2.75) is 25.8 Å². The van der Waals surface area contributed by atoms with Gasteiger partial charge in [-0.3, -0.25) is 0 Å². The second-order valence-electron chi connectivity index (χ2n) is 4.05. The van der Waals surface area contributed by atoms with Crippen LogP contribution in [0.25, 0.3) is 0 Å². The van der Waals surface area contributed by atoms with Crippen molar-refractivity contribution in [3.8, 4) is 0 Å². The summed E-state index contributed by atoms with van der Waals surface area (Å²) in [6, 6.07) is 6.88. The molecule has 1 aliphatic carbocycles. The van der Waals surface area contributed by atoms with Crippen molar-refractivity contribution in [3.63, 3.8) is 0 Å². The van der Waals surface area contributed by atoms with E-state index >= 15 is 0 Å². The maximum Gasteiger partial charge on any atom is 0.581 e. The zero-order chi connectivity index (χ0) is 12.8. The largest absolute Gasteiger partial charge is 0.581 e. The summed E-state index contributed by atoms with van der Waals surface area (Å²) in [5.41, 5.74) is -4.17. The molecule has 0 nitrogen and oxygen atoms in total. The third-order valence-electron chi connectivity index (χ3n) is 2.91. The van der Waals surface area contributed by atoms with Crippen LogP contribution >= 0.6 is 11.8 Å². The van der Waals surface area contributed by atoms with Gasteiger partial charge in [0.1, 0.15) is 10.9 Å². The minimum absolute atomic E-state index is 0.102. The lowest BCUT2D eigenvalue weighted by molar-refractivity contribution is -0.0376. The number of allylic oxidation sites excluding steroid dienone is 2. The average Bonchev–Trinajstić information content (AvgIpc) is 2.34. The Morgan fingerprint density at radius 3 is 2.56 bits per heavy atom. The smallest absolute Gasteiger partial charge is 0.122 e. The van der Waals surface area contributed by atoms with E-state index in [1.54, 1.807) is 36.4 Å². The van der Waals surface area contributed by atoms with Crippen LogP contribution in [0.5, 0.6) is 0 Å². The number of hydrogen-bond acceptors (Lipinski definition) is 1. The molecule has 1 heterocycles. The lowest BCUT2D eigenvalue weighted by Gasteiger charge is -2.29. The van der Waals surface area contributed by atoms with Gasteiger partial charge in [0.05, 0.1) is 10.1 Å². The fraction of sp³-hybridized carbons (Fsp3) is 0.231. The van der Waals surface area contributed by atoms with Gasteiger partial charge in [0, 0.05) is 0 Å². The molecule has 0 spiro atoms. The van der Waals surface area contributed by atoms with Crippen LogP contribution in [-0.4, -0.2) is 16.0 Å². The summed E-state index contributed by atoms with van der Waals surface area (Å²) in [5, 5.41) is -0.565. The Kier molecular flexibility index (Phi) is 2.98. The molecular weight excluding hydrogens is 277 g/mol. The van der Waals surface area contributed by atoms with Gasteiger partial charge < -0.3 is 0 Å². The molecule has 0 N–H and O–H groups in total. The van der Waals surface area contributed by atoms with Crippen LogP contribution in [0.1, 0.15) is 0 Å². The van der Waals surface area contributed by atoms with Crippen molar-refractivity contribution in [2.24, 2.45) is 0 Å². The molecule has 94 valence electrons. The average molecular weight is 287 g/mol. The Hall–Kier alpha value is -0.810. The first-order chi connectivity index (χ1) is 8.57. The van der Waals surface area contributed by atoms with Crippen molar-refractivity contribution in [2.75, 3.05) is 0 Å². The fourth-order valence-corrected chi connectivity index (χ4v) is 6.10. The molecule has 0 saturated carbocycles. The molecule has 0 saturated heterocycles. The summed E-state index contributed by atoms with van der Waals surface area (Å²) in [6.07, 6.45) is 7.13. The summed E-state index contributed by atoms with van der Waals surface area (Å²) in [4.78, 5) is 1.20. The van der Waals surface area contributed by atoms with Crippen molar-refractivity contribution in [3.05, 3.63) is 48.6 Å². The molecule has 1 aliphatic heterocycles. The van der Waals surface area contributed by atoms with Crippen LogP contribution in [-0.2, 0) is 10.9 Å². The number of benzene rings is 1. The third kappa shape index (κ3) is 1.99. The topological polar surface area (TPSA) is 0 Å². The molecule has 18 heavy (non-hydrogen) atoms. The lowest BCUT2D eigenvalue weighted by Crippen LogP contribution is -2.42. The van der Waals surface area contributed by atoms with Gasteiger partial charge in [-0.1, -0.05) is 30.4 Å². The standard InChI is InChI=1S/C13H10F3S2/c14-13(15,16)18-11-7-3-1-5-9(11)17-10-6-2-4-8-12(10)18/h1-9,11H/q+1. The van der Waals surface area contributed by atoms with Gasteiger partial charge in [-0.25, -0.2) is 0 Å². The number of hydrogen-bond donors (Lipinski definition) is 0. The normalized spacial score (nSPS) is 29.8. The van der Waals surface area contributed by atoms with Crippen molar-refractivity contribution in [1.82, 2.24) is 0 Å². The number of fused-ring (bicyclic) bond motifs is 2. The van der Waals surface area contributed by atoms with Crippen LogP contribution in [0.4, 0.5) is 13.2 Å². The SMILES string of the molecule is FC(F)(F)[S+]1c2ccccc2SC2C=CC=CC21. The molecule has 0 aromatic heterocycles. The highest BCUT2D eigenvalue weighted by Gasteiger charge is 2.61. The highest BCUT2D eigenvalue weighted by Crippen LogP contribution is 2.49. The second-order valence-corrected chi connectivity index (χ2v) is 7.39. The molecular formula is C13H10F3S2+. The van der Waals surface area contributed by atoms with Gasteiger partial charge in [-0.15, -0.1) is 24.9 Å². The Bertz CT molecular complexity index is 519. The fourth-order valence-electron chi connectivity index (χ4n) is 2.19. The maximum absolute atomic E-state index is 13.3. The van der Waals surface area contributed by atoms with Gasteiger partial charge >= 0.3 is 5.51 Å². The minimum atomic E-state index is -4.17. The molecule has 3 unspecified atom stereocenters. The predicted molar refractivity (Wildman–Crippen MR) is 69.8 cm³/mol. The zero-order valence-electron chi connectivity index (χ0n) is 9.22. The van der Waals surface area contributed by atoms with Crippen molar-refractivity contribution >= 4 is 22.7 Å².